The lowest BCUT2D eigenvalue weighted by Crippen LogP contribution is -2.34. The van der Waals surface area contributed by atoms with E-state index in [-0.39, 0.29) is 22.6 Å². The average Bonchev–Trinajstić information content (AvgIpc) is 2.91. The summed E-state index contributed by atoms with van der Waals surface area (Å²) in [7, 11) is -3.71. The van der Waals surface area contributed by atoms with E-state index in [2.05, 4.69) is 4.72 Å². The van der Waals surface area contributed by atoms with Crippen molar-refractivity contribution in [2.45, 2.75) is 30.9 Å². The lowest BCUT2D eigenvalue weighted by molar-refractivity contribution is 0.281. The van der Waals surface area contributed by atoms with E-state index < -0.39 is 10.0 Å². The fraction of sp³-hybridized carbons (Fsp3) is 0.286. The maximum absolute atomic E-state index is 12.4. The van der Waals surface area contributed by atoms with Crippen molar-refractivity contribution in [1.29, 1.82) is 0 Å². The maximum Gasteiger partial charge on any atom is 0.242 e. The quantitative estimate of drug-likeness (QED) is 0.846. The Morgan fingerprint density at radius 1 is 1.38 bits per heavy atom. The predicted molar refractivity (Wildman–Crippen MR) is 85.2 cm³/mol. The summed E-state index contributed by atoms with van der Waals surface area (Å²) in [6, 6.07) is 8.12. The van der Waals surface area contributed by atoms with Gasteiger partial charge in [-0.05, 0) is 42.5 Å². The minimum absolute atomic E-state index is 0.00579. The SMILES string of the molecule is CC(Cc1cccs1)NS(=O)(=O)c1cc(CO)ccc1Cl. The zero-order valence-electron chi connectivity index (χ0n) is 11.4. The number of benzene rings is 1. The molecule has 1 unspecified atom stereocenters. The number of sulfonamides is 1. The van der Waals surface area contributed by atoms with E-state index in [1.165, 1.54) is 12.1 Å². The van der Waals surface area contributed by atoms with Crippen LogP contribution < -0.4 is 4.72 Å². The van der Waals surface area contributed by atoms with Gasteiger partial charge in [-0.15, -0.1) is 11.3 Å². The van der Waals surface area contributed by atoms with Gasteiger partial charge in [0.05, 0.1) is 11.6 Å². The van der Waals surface area contributed by atoms with Gasteiger partial charge in [0.15, 0.2) is 0 Å². The van der Waals surface area contributed by atoms with Gasteiger partial charge in [-0.2, -0.15) is 0 Å². The van der Waals surface area contributed by atoms with E-state index in [4.69, 9.17) is 16.7 Å². The van der Waals surface area contributed by atoms with Gasteiger partial charge >= 0.3 is 0 Å². The molecule has 4 nitrogen and oxygen atoms in total. The molecule has 1 aromatic carbocycles. The Morgan fingerprint density at radius 2 is 2.14 bits per heavy atom. The summed E-state index contributed by atoms with van der Waals surface area (Å²) in [5, 5.41) is 11.2. The van der Waals surface area contributed by atoms with Crippen LogP contribution in [-0.4, -0.2) is 19.6 Å². The molecular weight excluding hydrogens is 330 g/mol. The van der Waals surface area contributed by atoms with E-state index >= 15 is 0 Å². The standard InChI is InChI=1S/C14H16ClNO3S2/c1-10(7-12-3-2-6-20-12)16-21(18,19)14-8-11(9-17)4-5-13(14)15/h2-6,8,10,16-17H,7,9H2,1H3. The second-order valence-electron chi connectivity index (χ2n) is 4.73. The first-order valence-electron chi connectivity index (χ1n) is 6.36. The first-order valence-corrected chi connectivity index (χ1v) is 9.10. The fourth-order valence-electron chi connectivity index (χ4n) is 1.95. The third-order valence-electron chi connectivity index (χ3n) is 2.91. The molecule has 0 aliphatic carbocycles. The summed E-state index contributed by atoms with van der Waals surface area (Å²) in [4.78, 5) is 1.11. The zero-order chi connectivity index (χ0) is 15.5. The maximum atomic E-state index is 12.4. The summed E-state index contributed by atoms with van der Waals surface area (Å²) >= 11 is 7.55. The van der Waals surface area contributed by atoms with E-state index in [0.29, 0.717) is 12.0 Å². The van der Waals surface area contributed by atoms with Crippen LogP contribution in [0.5, 0.6) is 0 Å². The number of nitrogens with one attached hydrogen (secondary N) is 1. The Labute approximate surface area is 133 Å². The lowest BCUT2D eigenvalue weighted by Gasteiger charge is -2.15. The molecule has 0 spiro atoms. The summed E-state index contributed by atoms with van der Waals surface area (Å²) in [6.45, 7) is 1.57. The van der Waals surface area contributed by atoms with Crippen LogP contribution in [-0.2, 0) is 23.1 Å². The van der Waals surface area contributed by atoms with Gasteiger partial charge in [0.25, 0.3) is 0 Å². The van der Waals surface area contributed by atoms with Gasteiger partial charge in [0.2, 0.25) is 10.0 Å². The molecule has 0 radical (unpaired) electrons. The van der Waals surface area contributed by atoms with Gasteiger partial charge < -0.3 is 5.11 Å². The van der Waals surface area contributed by atoms with E-state index in [1.54, 1.807) is 24.3 Å². The zero-order valence-corrected chi connectivity index (χ0v) is 13.8. The molecule has 7 heteroatoms. The van der Waals surface area contributed by atoms with Crippen molar-refractivity contribution in [3.8, 4) is 0 Å². The lowest BCUT2D eigenvalue weighted by atomic mass is 10.2. The van der Waals surface area contributed by atoms with Crippen molar-refractivity contribution < 1.29 is 13.5 Å². The van der Waals surface area contributed by atoms with E-state index in [9.17, 15) is 8.42 Å². The highest BCUT2D eigenvalue weighted by Gasteiger charge is 2.21. The van der Waals surface area contributed by atoms with E-state index in [1.807, 2.05) is 17.5 Å². The Hall–Kier alpha value is -0.920. The number of aliphatic hydroxyl groups is 1. The van der Waals surface area contributed by atoms with Crippen LogP contribution in [0.4, 0.5) is 0 Å². The molecule has 0 saturated heterocycles. The van der Waals surface area contributed by atoms with Crippen LogP contribution in [0.1, 0.15) is 17.4 Å². The Balaban J connectivity index is 2.18. The third-order valence-corrected chi connectivity index (χ3v) is 5.88. The summed E-state index contributed by atoms with van der Waals surface area (Å²) < 4.78 is 27.4. The first-order chi connectivity index (χ1) is 9.92. The predicted octanol–water partition coefficient (Wildman–Crippen LogP) is 2.80. The highest BCUT2D eigenvalue weighted by Crippen LogP contribution is 2.23. The Morgan fingerprint density at radius 3 is 2.76 bits per heavy atom. The van der Waals surface area contributed by atoms with Crippen LogP contribution >= 0.6 is 22.9 Å². The number of aliphatic hydroxyl groups excluding tert-OH is 1. The minimum atomic E-state index is -3.71. The number of thiophene rings is 1. The first kappa shape index (κ1) is 16.5. The van der Waals surface area contributed by atoms with Crippen LogP contribution in [0, 0.1) is 0 Å². The minimum Gasteiger partial charge on any atom is -0.392 e. The summed E-state index contributed by atoms with van der Waals surface area (Å²) in [6.07, 6.45) is 0.619. The van der Waals surface area contributed by atoms with Crippen molar-refractivity contribution in [1.82, 2.24) is 4.72 Å². The number of rotatable bonds is 6. The van der Waals surface area contributed by atoms with Crippen LogP contribution in [0.2, 0.25) is 5.02 Å². The molecule has 0 aliphatic heterocycles. The molecule has 0 saturated carbocycles. The molecular formula is C14H16ClNO3S2. The molecule has 2 aromatic rings. The third kappa shape index (κ3) is 4.28. The van der Waals surface area contributed by atoms with Crippen molar-refractivity contribution in [3.63, 3.8) is 0 Å². The monoisotopic (exact) mass is 345 g/mol. The van der Waals surface area contributed by atoms with Gasteiger partial charge in [-0.1, -0.05) is 23.7 Å². The fourth-order valence-corrected chi connectivity index (χ4v) is 4.58. The average molecular weight is 346 g/mol. The van der Waals surface area contributed by atoms with Crippen LogP contribution in [0.15, 0.2) is 40.6 Å². The number of halogens is 1. The molecule has 2 N–H and O–H groups in total. The number of hydrogen-bond acceptors (Lipinski definition) is 4. The Kier molecular flexibility index (Phi) is 5.40. The smallest absolute Gasteiger partial charge is 0.242 e. The normalized spacial score (nSPS) is 13.3. The molecule has 21 heavy (non-hydrogen) atoms. The number of hydrogen-bond donors (Lipinski definition) is 2. The second-order valence-corrected chi connectivity index (χ2v) is 7.85. The highest BCUT2D eigenvalue weighted by molar-refractivity contribution is 7.89. The highest BCUT2D eigenvalue weighted by atomic mass is 35.5. The van der Waals surface area contributed by atoms with Crippen molar-refractivity contribution >= 4 is 33.0 Å². The van der Waals surface area contributed by atoms with Gasteiger partial charge in [0, 0.05) is 10.9 Å². The summed E-state index contributed by atoms with van der Waals surface area (Å²) in [5.41, 5.74) is 0.505. The molecule has 1 atom stereocenters. The van der Waals surface area contributed by atoms with Crippen molar-refractivity contribution in [3.05, 3.63) is 51.2 Å². The summed E-state index contributed by atoms with van der Waals surface area (Å²) in [5.74, 6) is 0. The van der Waals surface area contributed by atoms with Crippen molar-refractivity contribution in [2.75, 3.05) is 0 Å². The molecule has 0 amide bonds. The molecule has 0 bridgehead atoms. The topological polar surface area (TPSA) is 66.4 Å². The van der Waals surface area contributed by atoms with E-state index in [0.717, 1.165) is 4.88 Å². The molecule has 114 valence electrons. The van der Waals surface area contributed by atoms with Gasteiger partial charge in [-0.25, -0.2) is 13.1 Å². The Bertz CT molecular complexity index is 699. The van der Waals surface area contributed by atoms with Gasteiger partial charge in [-0.3, -0.25) is 0 Å². The second kappa shape index (κ2) is 6.89. The molecule has 1 heterocycles. The van der Waals surface area contributed by atoms with Crippen LogP contribution in [0.25, 0.3) is 0 Å². The molecule has 1 aromatic heterocycles. The van der Waals surface area contributed by atoms with Crippen LogP contribution in [0.3, 0.4) is 0 Å². The van der Waals surface area contributed by atoms with Crippen molar-refractivity contribution in [2.24, 2.45) is 0 Å². The largest absolute Gasteiger partial charge is 0.392 e. The molecule has 0 fully saturated rings. The van der Waals surface area contributed by atoms with Gasteiger partial charge in [0.1, 0.15) is 4.90 Å². The molecule has 0 aliphatic rings. The molecule has 2 rings (SSSR count).